The maximum Gasteiger partial charge on any atom is 0.328 e. The maximum absolute atomic E-state index is 11.8. The van der Waals surface area contributed by atoms with Gasteiger partial charge in [-0.1, -0.05) is 0 Å². The number of rotatable bonds is 5. The van der Waals surface area contributed by atoms with Gasteiger partial charge in [-0.05, 0) is 18.2 Å². The molecule has 0 bridgehead atoms. The number of nitrogens with two attached hydrogens (primary N) is 1. The number of carbonyl (C=O) groups is 3. The molecule has 0 aliphatic heterocycles. The molecule has 0 aliphatic carbocycles. The minimum Gasteiger partial charge on any atom is -0.478 e. The molecule has 1 aromatic rings. The average Bonchev–Trinajstić information content (AvgIpc) is 2.72. The molecule has 96 valence electrons. The van der Waals surface area contributed by atoms with Crippen molar-refractivity contribution in [3.05, 3.63) is 28.0 Å². The van der Waals surface area contributed by atoms with Crippen LogP contribution in [0.1, 0.15) is 14.5 Å². The highest BCUT2D eigenvalue weighted by Crippen LogP contribution is 2.19. The van der Waals surface area contributed by atoms with Crippen LogP contribution in [0.5, 0.6) is 0 Å². The Hall–Kier alpha value is -2.15. The van der Waals surface area contributed by atoms with E-state index in [0.29, 0.717) is 9.75 Å². The Morgan fingerprint density at radius 3 is 2.67 bits per heavy atom. The van der Waals surface area contributed by atoms with Gasteiger partial charge < -0.3 is 15.7 Å². The normalized spacial score (nSPS) is 10.5. The average molecular weight is 268 g/mol. The van der Waals surface area contributed by atoms with Crippen molar-refractivity contribution in [3.63, 3.8) is 0 Å². The monoisotopic (exact) mass is 268 g/mol. The van der Waals surface area contributed by atoms with Crippen molar-refractivity contribution in [3.8, 4) is 0 Å². The Morgan fingerprint density at radius 1 is 1.44 bits per heavy atom. The zero-order valence-electron chi connectivity index (χ0n) is 9.62. The molecule has 0 saturated carbocycles. The van der Waals surface area contributed by atoms with Gasteiger partial charge >= 0.3 is 5.97 Å². The minimum absolute atomic E-state index is 0.156. The number of carboxylic acid groups (broad SMARTS) is 1. The summed E-state index contributed by atoms with van der Waals surface area (Å²) in [4.78, 5) is 35.1. The number of nitrogens with zero attached hydrogens (tertiary/aromatic N) is 1. The summed E-state index contributed by atoms with van der Waals surface area (Å²) < 4.78 is 0. The second-order valence-corrected chi connectivity index (χ2v) is 4.62. The topological polar surface area (TPSA) is 101 Å². The molecule has 0 aromatic carbocycles. The second-order valence-electron chi connectivity index (χ2n) is 3.50. The maximum atomic E-state index is 11.8. The summed E-state index contributed by atoms with van der Waals surface area (Å²) in [6.45, 7) is -0.156. The van der Waals surface area contributed by atoms with Gasteiger partial charge in [0.15, 0.2) is 0 Å². The van der Waals surface area contributed by atoms with Gasteiger partial charge in [0, 0.05) is 18.0 Å². The highest BCUT2D eigenvalue weighted by molar-refractivity contribution is 7.14. The number of hydrogen-bond donors (Lipinski definition) is 2. The van der Waals surface area contributed by atoms with Gasteiger partial charge in [0.25, 0.3) is 5.91 Å². The van der Waals surface area contributed by atoms with Crippen molar-refractivity contribution in [2.24, 2.45) is 5.73 Å². The third kappa shape index (κ3) is 4.02. The first-order chi connectivity index (χ1) is 8.40. The molecule has 6 nitrogen and oxygen atoms in total. The van der Waals surface area contributed by atoms with E-state index >= 15 is 0 Å². The van der Waals surface area contributed by atoms with Crippen molar-refractivity contribution in [2.75, 3.05) is 13.6 Å². The predicted octanol–water partition coefficient (Wildman–Crippen LogP) is 0.403. The van der Waals surface area contributed by atoms with Gasteiger partial charge in [-0.25, -0.2) is 4.79 Å². The lowest BCUT2D eigenvalue weighted by atomic mass is 10.3. The van der Waals surface area contributed by atoms with Gasteiger partial charge in [0.2, 0.25) is 5.91 Å². The molecule has 0 atom stereocenters. The van der Waals surface area contributed by atoms with E-state index in [1.807, 2.05) is 0 Å². The number of likely N-dealkylation sites (N-methyl/N-ethyl adjacent to an activating group) is 1. The van der Waals surface area contributed by atoms with Crippen LogP contribution < -0.4 is 5.73 Å². The van der Waals surface area contributed by atoms with Crippen molar-refractivity contribution in [1.29, 1.82) is 0 Å². The first kappa shape index (κ1) is 13.9. The van der Waals surface area contributed by atoms with E-state index in [9.17, 15) is 14.4 Å². The summed E-state index contributed by atoms with van der Waals surface area (Å²) in [5, 5.41) is 8.47. The van der Waals surface area contributed by atoms with Crippen LogP contribution in [0.2, 0.25) is 0 Å². The summed E-state index contributed by atoms with van der Waals surface area (Å²) in [7, 11) is 1.47. The van der Waals surface area contributed by atoms with Gasteiger partial charge in [-0.2, -0.15) is 0 Å². The largest absolute Gasteiger partial charge is 0.478 e. The number of primary amides is 1. The smallest absolute Gasteiger partial charge is 0.328 e. The summed E-state index contributed by atoms with van der Waals surface area (Å²) in [6, 6.07) is 3.21. The van der Waals surface area contributed by atoms with Crippen molar-refractivity contribution in [2.45, 2.75) is 0 Å². The molecule has 1 heterocycles. The van der Waals surface area contributed by atoms with Crippen LogP contribution >= 0.6 is 11.3 Å². The van der Waals surface area contributed by atoms with E-state index in [4.69, 9.17) is 10.8 Å². The molecular weight excluding hydrogens is 256 g/mol. The highest BCUT2D eigenvalue weighted by atomic mass is 32.1. The Labute approximate surface area is 107 Å². The standard InChI is InChI=1S/C11H12N2O4S/c1-13(6-9(12)14)11(17)8-4-2-7(18-8)3-5-10(15)16/h2-5H,6H2,1H3,(H2,12,14)(H,15,16)/b5-3+. The predicted molar refractivity (Wildman–Crippen MR) is 67.1 cm³/mol. The van der Waals surface area contributed by atoms with Crippen molar-refractivity contribution < 1.29 is 19.5 Å². The summed E-state index contributed by atoms with van der Waals surface area (Å²) >= 11 is 1.14. The zero-order valence-corrected chi connectivity index (χ0v) is 10.4. The van der Waals surface area contributed by atoms with E-state index < -0.39 is 11.9 Å². The number of carboxylic acids is 1. The van der Waals surface area contributed by atoms with E-state index in [-0.39, 0.29) is 12.5 Å². The van der Waals surface area contributed by atoms with Gasteiger partial charge in [-0.3, -0.25) is 9.59 Å². The fourth-order valence-corrected chi connectivity index (χ4v) is 2.11. The molecule has 1 rings (SSSR count). The van der Waals surface area contributed by atoms with Gasteiger partial charge in [-0.15, -0.1) is 11.3 Å². The lowest BCUT2D eigenvalue weighted by Crippen LogP contribution is -2.34. The van der Waals surface area contributed by atoms with E-state index in [1.165, 1.54) is 18.0 Å². The number of aliphatic carboxylic acids is 1. The van der Waals surface area contributed by atoms with Crippen LogP contribution in [-0.2, 0) is 9.59 Å². The van der Waals surface area contributed by atoms with Crippen molar-refractivity contribution >= 4 is 35.2 Å². The fourth-order valence-electron chi connectivity index (χ4n) is 1.20. The fraction of sp³-hybridized carbons (Fsp3) is 0.182. The number of carbonyl (C=O) groups excluding carboxylic acids is 2. The van der Waals surface area contributed by atoms with Crippen LogP contribution in [0.25, 0.3) is 6.08 Å². The molecule has 0 fully saturated rings. The second kappa shape index (κ2) is 5.97. The molecule has 0 spiro atoms. The van der Waals surface area contributed by atoms with Crippen LogP contribution in [0, 0.1) is 0 Å². The first-order valence-electron chi connectivity index (χ1n) is 4.94. The van der Waals surface area contributed by atoms with E-state index in [2.05, 4.69) is 0 Å². The van der Waals surface area contributed by atoms with E-state index in [0.717, 1.165) is 17.4 Å². The zero-order chi connectivity index (χ0) is 13.7. The number of amides is 2. The van der Waals surface area contributed by atoms with Crippen LogP contribution in [0.15, 0.2) is 18.2 Å². The summed E-state index contributed by atoms with van der Waals surface area (Å²) in [5.41, 5.74) is 4.99. The lowest BCUT2D eigenvalue weighted by molar-refractivity contribution is -0.131. The minimum atomic E-state index is -1.05. The third-order valence-electron chi connectivity index (χ3n) is 1.97. The van der Waals surface area contributed by atoms with Gasteiger partial charge in [0.05, 0.1) is 11.4 Å². The molecule has 7 heteroatoms. The quantitative estimate of drug-likeness (QED) is 0.755. The Morgan fingerprint density at radius 2 is 2.11 bits per heavy atom. The lowest BCUT2D eigenvalue weighted by Gasteiger charge is -2.13. The number of thiophene rings is 1. The van der Waals surface area contributed by atoms with Gasteiger partial charge in [0.1, 0.15) is 0 Å². The van der Waals surface area contributed by atoms with Crippen molar-refractivity contribution in [1.82, 2.24) is 4.90 Å². The van der Waals surface area contributed by atoms with Crippen LogP contribution in [0.3, 0.4) is 0 Å². The first-order valence-corrected chi connectivity index (χ1v) is 5.76. The molecule has 0 aliphatic rings. The van der Waals surface area contributed by atoms with E-state index in [1.54, 1.807) is 12.1 Å². The molecule has 18 heavy (non-hydrogen) atoms. The molecular formula is C11H12N2O4S. The molecule has 1 aromatic heterocycles. The number of hydrogen-bond acceptors (Lipinski definition) is 4. The highest BCUT2D eigenvalue weighted by Gasteiger charge is 2.15. The third-order valence-corrected chi connectivity index (χ3v) is 3.01. The van der Waals surface area contributed by atoms with Crippen LogP contribution in [-0.4, -0.2) is 41.4 Å². The Bertz CT molecular complexity index is 507. The Kier molecular flexibility index (Phi) is 4.61. The molecule has 0 unspecified atom stereocenters. The SMILES string of the molecule is CN(CC(N)=O)C(=O)c1ccc(/C=C/C(=O)O)s1. The van der Waals surface area contributed by atoms with Crippen LogP contribution in [0.4, 0.5) is 0 Å². The molecule has 2 amide bonds. The Balaban J connectivity index is 2.76. The molecule has 3 N–H and O–H groups in total. The summed E-state index contributed by atoms with van der Waals surface area (Å²) in [5.74, 6) is -1.97. The molecule has 0 saturated heterocycles. The molecule has 0 radical (unpaired) electrons. The summed E-state index contributed by atoms with van der Waals surface area (Å²) in [6.07, 6.45) is 2.39.